The van der Waals surface area contributed by atoms with Crippen LogP contribution in [0.25, 0.3) is 0 Å². The average Bonchev–Trinajstić information content (AvgIpc) is 3.13. The van der Waals surface area contributed by atoms with Crippen LogP contribution < -0.4 is 15.1 Å². The van der Waals surface area contributed by atoms with Crippen LogP contribution >= 0.6 is 0 Å². The van der Waals surface area contributed by atoms with Crippen molar-refractivity contribution in [3.63, 3.8) is 0 Å². The van der Waals surface area contributed by atoms with Gasteiger partial charge in [0.1, 0.15) is 0 Å². The number of nitrogens with zero attached hydrogens (tertiary/aromatic N) is 2. The van der Waals surface area contributed by atoms with Gasteiger partial charge in [-0.15, -0.1) is 0 Å². The van der Waals surface area contributed by atoms with Crippen LogP contribution in [0, 0.1) is 5.92 Å². The minimum atomic E-state index is 0.816. The fraction of sp³-hybridized carbons (Fsp3) is 0.625. The summed E-state index contributed by atoms with van der Waals surface area (Å²) in [5.41, 5.74) is 2.72. The lowest BCUT2D eigenvalue weighted by Crippen LogP contribution is -2.28. The molecule has 3 nitrogen and oxygen atoms in total. The van der Waals surface area contributed by atoms with Gasteiger partial charge in [0.25, 0.3) is 0 Å². The Morgan fingerprint density at radius 1 is 1.21 bits per heavy atom. The second kappa shape index (κ2) is 5.41. The Bertz CT molecular complexity index is 426. The molecule has 1 unspecified atom stereocenters. The summed E-state index contributed by atoms with van der Waals surface area (Å²) in [7, 11) is 4.25. The Morgan fingerprint density at radius 2 is 2.00 bits per heavy atom. The molecule has 104 valence electrons. The van der Waals surface area contributed by atoms with Crippen LogP contribution in [-0.2, 0) is 0 Å². The molecule has 2 aliphatic rings. The minimum absolute atomic E-state index is 0.816. The smallest absolute Gasteiger partial charge is 0.0603 e. The van der Waals surface area contributed by atoms with Crippen LogP contribution in [0.4, 0.5) is 11.4 Å². The van der Waals surface area contributed by atoms with Crippen LogP contribution in [0.3, 0.4) is 0 Å². The number of hydrogen-bond acceptors (Lipinski definition) is 3. The lowest BCUT2D eigenvalue weighted by molar-refractivity contribution is 0.515. The summed E-state index contributed by atoms with van der Waals surface area (Å²) in [4.78, 5) is 4.76. The highest BCUT2D eigenvalue weighted by molar-refractivity contribution is 5.71. The van der Waals surface area contributed by atoms with Crippen LogP contribution in [0.15, 0.2) is 24.3 Å². The monoisotopic (exact) mass is 259 g/mol. The Kier molecular flexibility index (Phi) is 3.65. The summed E-state index contributed by atoms with van der Waals surface area (Å²) >= 11 is 0. The third-order valence-electron chi connectivity index (χ3n) is 4.26. The van der Waals surface area contributed by atoms with E-state index in [0.717, 1.165) is 12.0 Å². The molecule has 1 aromatic rings. The van der Waals surface area contributed by atoms with E-state index in [0.29, 0.717) is 0 Å². The molecule has 0 aromatic heterocycles. The lowest BCUT2D eigenvalue weighted by atomic mass is 10.1. The van der Waals surface area contributed by atoms with Gasteiger partial charge in [0.15, 0.2) is 0 Å². The maximum atomic E-state index is 3.67. The van der Waals surface area contributed by atoms with E-state index in [1.54, 1.807) is 0 Å². The number of hydrogen-bond donors (Lipinski definition) is 1. The number of benzene rings is 1. The molecule has 3 heteroatoms. The molecule has 1 saturated carbocycles. The second-order valence-corrected chi connectivity index (χ2v) is 6.17. The van der Waals surface area contributed by atoms with E-state index in [1.165, 1.54) is 50.3 Å². The summed E-state index contributed by atoms with van der Waals surface area (Å²) in [6, 6.07) is 9.58. The maximum absolute atomic E-state index is 3.67. The fourth-order valence-electron chi connectivity index (χ4n) is 2.95. The van der Waals surface area contributed by atoms with E-state index in [2.05, 4.69) is 53.5 Å². The van der Waals surface area contributed by atoms with Gasteiger partial charge in [0.05, 0.1) is 11.4 Å². The Labute approximate surface area is 116 Å². The number of nitrogens with one attached hydrogen (secondary N) is 1. The van der Waals surface area contributed by atoms with E-state index >= 15 is 0 Å². The van der Waals surface area contributed by atoms with Crippen LogP contribution in [0.2, 0.25) is 0 Å². The van der Waals surface area contributed by atoms with Crippen molar-refractivity contribution in [3.8, 4) is 0 Å². The second-order valence-electron chi connectivity index (χ2n) is 6.17. The van der Waals surface area contributed by atoms with E-state index in [-0.39, 0.29) is 0 Å². The van der Waals surface area contributed by atoms with Crippen molar-refractivity contribution in [1.29, 1.82) is 0 Å². The highest BCUT2D eigenvalue weighted by atomic mass is 15.2. The van der Waals surface area contributed by atoms with E-state index in [9.17, 15) is 0 Å². The lowest BCUT2D eigenvalue weighted by Gasteiger charge is -2.25. The first kappa shape index (κ1) is 12.8. The van der Waals surface area contributed by atoms with Crippen molar-refractivity contribution in [2.75, 3.05) is 43.5 Å². The van der Waals surface area contributed by atoms with Gasteiger partial charge < -0.3 is 15.1 Å². The first-order valence-electron chi connectivity index (χ1n) is 7.48. The first-order chi connectivity index (χ1) is 9.24. The molecule has 1 heterocycles. The standard InChI is InChI=1S/C16H25N3/c1-18(2)15-5-3-4-6-16(15)19-10-9-13(12-19)11-17-14-7-8-14/h3-6,13-14,17H,7-12H2,1-2H3. The van der Waals surface area contributed by atoms with Gasteiger partial charge in [-0.05, 0) is 43.9 Å². The third-order valence-corrected chi connectivity index (χ3v) is 4.26. The van der Waals surface area contributed by atoms with Gasteiger partial charge in [-0.2, -0.15) is 0 Å². The Balaban J connectivity index is 1.63. The Hall–Kier alpha value is -1.22. The molecule has 0 radical (unpaired) electrons. The van der Waals surface area contributed by atoms with Gasteiger partial charge in [0.2, 0.25) is 0 Å². The number of rotatable bonds is 5. The zero-order chi connectivity index (χ0) is 13.2. The molecule has 1 atom stereocenters. The third kappa shape index (κ3) is 3.03. The molecule has 1 aliphatic carbocycles. The van der Waals surface area contributed by atoms with Crippen LogP contribution in [0.5, 0.6) is 0 Å². The van der Waals surface area contributed by atoms with Crippen molar-refractivity contribution < 1.29 is 0 Å². The molecular formula is C16H25N3. The first-order valence-corrected chi connectivity index (χ1v) is 7.48. The molecule has 1 aliphatic heterocycles. The van der Waals surface area contributed by atoms with Crippen molar-refractivity contribution >= 4 is 11.4 Å². The van der Waals surface area contributed by atoms with Gasteiger partial charge >= 0.3 is 0 Å². The highest BCUT2D eigenvalue weighted by Gasteiger charge is 2.27. The molecular weight excluding hydrogens is 234 g/mol. The van der Waals surface area contributed by atoms with Crippen molar-refractivity contribution in [1.82, 2.24) is 5.32 Å². The summed E-state index contributed by atoms with van der Waals surface area (Å²) in [6.07, 6.45) is 4.10. The minimum Gasteiger partial charge on any atom is -0.376 e. The predicted molar refractivity (Wildman–Crippen MR) is 82.1 cm³/mol. The van der Waals surface area contributed by atoms with Crippen LogP contribution in [0.1, 0.15) is 19.3 Å². The average molecular weight is 259 g/mol. The largest absolute Gasteiger partial charge is 0.376 e. The quantitative estimate of drug-likeness (QED) is 0.875. The summed E-state index contributed by atoms with van der Waals surface area (Å²) < 4.78 is 0. The normalized spacial score (nSPS) is 22.8. The van der Waals surface area contributed by atoms with Gasteiger partial charge in [-0.1, -0.05) is 12.1 Å². The maximum Gasteiger partial charge on any atom is 0.0603 e. The van der Waals surface area contributed by atoms with Crippen molar-refractivity contribution in [2.24, 2.45) is 5.92 Å². The highest BCUT2D eigenvalue weighted by Crippen LogP contribution is 2.32. The van der Waals surface area contributed by atoms with Crippen LogP contribution in [-0.4, -0.2) is 39.8 Å². The topological polar surface area (TPSA) is 18.5 Å². The summed E-state index contributed by atoms with van der Waals surface area (Å²) in [5, 5.41) is 3.67. The SMILES string of the molecule is CN(C)c1ccccc1N1CCC(CNC2CC2)C1. The summed E-state index contributed by atoms with van der Waals surface area (Å²) in [5.74, 6) is 0.816. The molecule has 0 spiro atoms. The zero-order valence-corrected chi connectivity index (χ0v) is 12.1. The number of anilines is 2. The van der Waals surface area contributed by atoms with Gasteiger partial charge in [0, 0.05) is 33.2 Å². The van der Waals surface area contributed by atoms with E-state index in [1.807, 2.05) is 0 Å². The summed E-state index contributed by atoms with van der Waals surface area (Å²) in [6.45, 7) is 3.59. The molecule has 1 saturated heterocycles. The molecule has 2 fully saturated rings. The molecule has 0 bridgehead atoms. The zero-order valence-electron chi connectivity index (χ0n) is 12.1. The molecule has 3 rings (SSSR count). The van der Waals surface area contributed by atoms with E-state index < -0.39 is 0 Å². The van der Waals surface area contributed by atoms with Crippen molar-refractivity contribution in [2.45, 2.75) is 25.3 Å². The Morgan fingerprint density at radius 3 is 2.74 bits per heavy atom. The fourth-order valence-corrected chi connectivity index (χ4v) is 2.95. The van der Waals surface area contributed by atoms with Crippen molar-refractivity contribution in [3.05, 3.63) is 24.3 Å². The molecule has 1 aromatic carbocycles. The predicted octanol–water partition coefficient (Wildman–Crippen LogP) is 2.33. The molecule has 1 N–H and O–H groups in total. The molecule has 19 heavy (non-hydrogen) atoms. The number of para-hydroxylation sites is 2. The van der Waals surface area contributed by atoms with E-state index in [4.69, 9.17) is 0 Å². The molecule has 0 amide bonds. The van der Waals surface area contributed by atoms with Gasteiger partial charge in [-0.3, -0.25) is 0 Å². The van der Waals surface area contributed by atoms with Gasteiger partial charge in [-0.25, -0.2) is 0 Å².